The lowest BCUT2D eigenvalue weighted by Crippen LogP contribution is -2.35. The number of halogens is 2. The Morgan fingerprint density at radius 3 is 2.43 bits per heavy atom. The summed E-state index contributed by atoms with van der Waals surface area (Å²) >= 11 is 0. The van der Waals surface area contributed by atoms with Gasteiger partial charge in [0.2, 0.25) is 0 Å². The van der Waals surface area contributed by atoms with Crippen LogP contribution in [0.15, 0.2) is 30.3 Å². The summed E-state index contributed by atoms with van der Waals surface area (Å²) in [6.45, 7) is 0. The van der Waals surface area contributed by atoms with Crippen molar-refractivity contribution < 1.29 is 8.78 Å². The minimum Gasteiger partial charge on any atom is -0.250 e. The van der Waals surface area contributed by atoms with Crippen molar-refractivity contribution in [2.45, 2.75) is 24.9 Å². The largest absolute Gasteiger partial charge is 0.255 e. The normalized spacial score (nSPS) is 27.1. The molecule has 0 spiro atoms. The lowest BCUT2D eigenvalue weighted by atomic mass is 10.0. The fourth-order valence-corrected chi connectivity index (χ4v) is 1.65. The van der Waals surface area contributed by atoms with Crippen molar-refractivity contribution in [1.29, 1.82) is 0 Å². The first-order valence-electron chi connectivity index (χ1n) is 4.61. The number of hydrogen-bond donors (Lipinski definition) is 2. The highest BCUT2D eigenvalue weighted by Crippen LogP contribution is 2.24. The first kappa shape index (κ1) is 9.55. The Morgan fingerprint density at radius 1 is 1.14 bits per heavy atom. The smallest absolute Gasteiger partial charge is 0.250 e. The zero-order valence-corrected chi connectivity index (χ0v) is 7.58. The molecule has 1 fully saturated rings. The summed E-state index contributed by atoms with van der Waals surface area (Å²) in [7, 11) is 0. The van der Waals surface area contributed by atoms with E-state index in [-0.39, 0.29) is 6.04 Å². The molecule has 2 rings (SSSR count). The van der Waals surface area contributed by atoms with Gasteiger partial charge in [0.15, 0.2) is 0 Å². The predicted octanol–water partition coefficient (Wildman–Crippen LogP) is 1.86. The van der Waals surface area contributed by atoms with Gasteiger partial charge in [0.25, 0.3) is 6.43 Å². The highest BCUT2D eigenvalue weighted by molar-refractivity contribution is 5.19. The topological polar surface area (TPSA) is 24.1 Å². The highest BCUT2D eigenvalue weighted by atomic mass is 19.3. The molecule has 1 aromatic rings. The van der Waals surface area contributed by atoms with Crippen molar-refractivity contribution in [2.75, 3.05) is 0 Å². The van der Waals surface area contributed by atoms with Crippen LogP contribution < -0.4 is 10.9 Å². The van der Waals surface area contributed by atoms with Crippen LogP contribution in [0.2, 0.25) is 0 Å². The first-order valence-corrected chi connectivity index (χ1v) is 4.61. The van der Waals surface area contributed by atoms with Gasteiger partial charge in [0.1, 0.15) is 0 Å². The van der Waals surface area contributed by atoms with Crippen LogP contribution in [0.25, 0.3) is 0 Å². The Bertz CT molecular complexity index is 289. The van der Waals surface area contributed by atoms with Gasteiger partial charge in [-0.1, -0.05) is 30.3 Å². The summed E-state index contributed by atoms with van der Waals surface area (Å²) in [5.74, 6) is 0. The van der Waals surface area contributed by atoms with Crippen LogP contribution in [0.1, 0.15) is 18.0 Å². The Balaban J connectivity index is 2.03. The molecule has 1 heterocycles. The molecule has 2 nitrogen and oxygen atoms in total. The van der Waals surface area contributed by atoms with E-state index in [0.29, 0.717) is 6.42 Å². The van der Waals surface area contributed by atoms with Crippen LogP contribution in [-0.2, 0) is 0 Å². The maximum absolute atomic E-state index is 12.3. The van der Waals surface area contributed by atoms with E-state index in [4.69, 9.17) is 0 Å². The fraction of sp³-hybridized carbons (Fsp3) is 0.400. The predicted molar refractivity (Wildman–Crippen MR) is 49.9 cm³/mol. The minimum atomic E-state index is -2.31. The van der Waals surface area contributed by atoms with E-state index < -0.39 is 12.5 Å². The summed E-state index contributed by atoms with van der Waals surface area (Å²) in [4.78, 5) is 0. The maximum Gasteiger partial charge on any atom is 0.255 e. The molecule has 0 radical (unpaired) electrons. The minimum absolute atomic E-state index is 0.00444. The number of rotatable bonds is 2. The summed E-state index contributed by atoms with van der Waals surface area (Å²) < 4.78 is 24.7. The molecule has 0 aromatic heterocycles. The zero-order chi connectivity index (χ0) is 9.97. The van der Waals surface area contributed by atoms with Crippen molar-refractivity contribution >= 4 is 0 Å². The molecule has 1 saturated heterocycles. The third kappa shape index (κ3) is 1.91. The van der Waals surface area contributed by atoms with Gasteiger partial charge < -0.3 is 0 Å². The second-order valence-corrected chi connectivity index (χ2v) is 3.43. The van der Waals surface area contributed by atoms with E-state index >= 15 is 0 Å². The van der Waals surface area contributed by atoms with E-state index in [2.05, 4.69) is 10.9 Å². The average Bonchev–Trinajstić information content (AvgIpc) is 2.68. The van der Waals surface area contributed by atoms with Crippen LogP contribution in [0.4, 0.5) is 8.78 Å². The van der Waals surface area contributed by atoms with E-state index in [9.17, 15) is 8.78 Å². The Hall–Kier alpha value is -1.00. The lowest BCUT2D eigenvalue weighted by molar-refractivity contribution is 0.104. The summed E-state index contributed by atoms with van der Waals surface area (Å²) in [5.41, 5.74) is 6.52. The second kappa shape index (κ2) is 4.02. The standard InChI is InChI=1S/C10H12F2N2/c11-10(12)9-6-8(13-14-9)7-4-2-1-3-5-7/h1-5,8-10,13-14H,6H2. The SMILES string of the molecule is FC(F)C1CC(c2ccccc2)NN1. The van der Waals surface area contributed by atoms with Crippen LogP contribution in [-0.4, -0.2) is 12.5 Å². The molecule has 2 unspecified atom stereocenters. The van der Waals surface area contributed by atoms with Crippen LogP contribution in [0.3, 0.4) is 0 Å². The monoisotopic (exact) mass is 198 g/mol. The molecule has 0 amide bonds. The molecule has 2 N–H and O–H groups in total. The molecule has 1 aliphatic heterocycles. The summed E-state index contributed by atoms with van der Waals surface area (Å²) in [6, 6.07) is 8.87. The molecule has 0 aliphatic carbocycles. The number of alkyl halides is 2. The molecule has 14 heavy (non-hydrogen) atoms. The van der Waals surface area contributed by atoms with E-state index in [0.717, 1.165) is 5.56 Å². The van der Waals surface area contributed by atoms with Gasteiger partial charge >= 0.3 is 0 Å². The summed E-state index contributed by atoms with van der Waals surface area (Å²) in [5, 5.41) is 0. The van der Waals surface area contributed by atoms with Gasteiger partial charge in [0, 0.05) is 6.04 Å². The molecular weight excluding hydrogens is 186 g/mol. The quantitative estimate of drug-likeness (QED) is 0.758. The van der Waals surface area contributed by atoms with Crippen molar-refractivity contribution in [1.82, 2.24) is 10.9 Å². The van der Waals surface area contributed by atoms with E-state index in [1.54, 1.807) is 0 Å². The van der Waals surface area contributed by atoms with Crippen molar-refractivity contribution in [3.63, 3.8) is 0 Å². The maximum atomic E-state index is 12.3. The number of benzene rings is 1. The number of nitrogens with one attached hydrogen (secondary N) is 2. The van der Waals surface area contributed by atoms with E-state index in [1.165, 1.54) is 0 Å². The Labute approximate surface area is 81.3 Å². The van der Waals surface area contributed by atoms with Crippen LogP contribution >= 0.6 is 0 Å². The average molecular weight is 198 g/mol. The van der Waals surface area contributed by atoms with Gasteiger partial charge in [0.05, 0.1) is 6.04 Å². The summed E-state index contributed by atoms with van der Waals surface area (Å²) in [6.07, 6.45) is -1.88. The van der Waals surface area contributed by atoms with Crippen LogP contribution in [0, 0.1) is 0 Å². The van der Waals surface area contributed by atoms with Crippen LogP contribution in [0.5, 0.6) is 0 Å². The number of hydrazine groups is 1. The van der Waals surface area contributed by atoms with Gasteiger partial charge in [-0.05, 0) is 12.0 Å². The molecule has 1 aliphatic rings. The first-order chi connectivity index (χ1) is 6.77. The molecule has 2 atom stereocenters. The highest BCUT2D eigenvalue weighted by Gasteiger charge is 2.30. The molecule has 76 valence electrons. The van der Waals surface area contributed by atoms with Crippen molar-refractivity contribution in [3.05, 3.63) is 35.9 Å². The Morgan fingerprint density at radius 2 is 1.86 bits per heavy atom. The fourth-order valence-electron chi connectivity index (χ4n) is 1.65. The molecular formula is C10H12F2N2. The van der Waals surface area contributed by atoms with Crippen molar-refractivity contribution in [2.24, 2.45) is 0 Å². The zero-order valence-electron chi connectivity index (χ0n) is 7.58. The lowest BCUT2D eigenvalue weighted by Gasteiger charge is -2.08. The van der Waals surface area contributed by atoms with E-state index in [1.807, 2.05) is 30.3 Å². The van der Waals surface area contributed by atoms with Gasteiger partial charge in [-0.2, -0.15) is 0 Å². The molecule has 0 bridgehead atoms. The second-order valence-electron chi connectivity index (χ2n) is 3.43. The van der Waals surface area contributed by atoms with Gasteiger partial charge in [-0.3, -0.25) is 0 Å². The Kier molecular flexibility index (Phi) is 2.74. The number of hydrogen-bond acceptors (Lipinski definition) is 2. The molecule has 1 aromatic carbocycles. The van der Waals surface area contributed by atoms with Crippen molar-refractivity contribution in [3.8, 4) is 0 Å². The molecule has 4 heteroatoms. The molecule has 0 saturated carbocycles. The third-order valence-electron chi connectivity index (χ3n) is 2.44. The van der Waals surface area contributed by atoms with Gasteiger partial charge in [-0.25, -0.2) is 19.6 Å². The third-order valence-corrected chi connectivity index (χ3v) is 2.44. The van der Waals surface area contributed by atoms with Gasteiger partial charge in [-0.15, -0.1) is 0 Å².